The minimum absolute atomic E-state index is 0.0582. The average molecular weight is 350 g/mol. The van der Waals surface area contributed by atoms with Crippen molar-refractivity contribution in [3.63, 3.8) is 0 Å². The molecule has 0 radical (unpaired) electrons. The Kier molecular flexibility index (Phi) is 5.26. The van der Waals surface area contributed by atoms with Crippen LogP contribution in [0.5, 0.6) is 0 Å². The predicted octanol–water partition coefficient (Wildman–Crippen LogP) is 3.29. The maximum atomic E-state index is 12.3. The third-order valence-corrected chi connectivity index (χ3v) is 4.36. The van der Waals surface area contributed by atoms with Crippen molar-refractivity contribution in [1.82, 2.24) is 10.6 Å². The number of aliphatic imine (C=N–C) groups is 1. The second-order valence-electron chi connectivity index (χ2n) is 7.49. The first-order valence-electron chi connectivity index (χ1n) is 8.95. The van der Waals surface area contributed by atoms with E-state index in [0.29, 0.717) is 12.1 Å². The summed E-state index contributed by atoms with van der Waals surface area (Å²) in [6.45, 7) is 8.67. The summed E-state index contributed by atoms with van der Waals surface area (Å²) in [5.41, 5.74) is 4.02. The number of amides is 1. The van der Waals surface area contributed by atoms with Crippen LogP contribution in [0, 0.1) is 0 Å². The molecule has 0 atom stereocenters. The van der Waals surface area contributed by atoms with Crippen LogP contribution in [0.3, 0.4) is 0 Å². The zero-order chi connectivity index (χ0) is 18.6. The van der Waals surface area contributed by atoms with Crippen molar-refractivity contribution in [2.75, 3.05) is 18.4 Å². The fourth-order valence-electron chi connectivity index (χ4n) is 2.73. The molecule has 2 aromatic carbocycles. The number of benzene rings is 2. The molecule has 5 heteroatoms. The van der Waals surface area contributed by atoms with Crippen molar-refractivity contribution >= 4 is 17.6 Å². The van der Waals surface area contributed by atoms with Gasteiger partial charge in [0.25, 0.3) is 5.91 Å². The molecule has 3 rings (SSSR count). The molecule has 0 bridgehead atoms. The van der Waals surface area contributed by atoms with Gasteiger partial charge in [-0.15, -0.1) is 0 Å². The molecule has 2 aromatic rings. The van der Waals surface area contributed by atoms with Gasteiger partial charge in [-0.3, -0.25) is 9.79 Å². The van der Waals surface area contributed by atoms with Crippen molar-refractivity contribution in [1.29, 1.82) is 0 Å². The molecular weight excluding hydrogens is 324 g/mol. The normalized spacial score (nSPS) is 13.7. The third kappa shape index (κ3) is 4.63. The van der Waals surface area contributed by atoms with E-state index in [2.05, 4.69) is 41.7 Å². The smallest absolute Gasteiger partial charge is 0.251 e. The predicted molar refractivity (Wildman–Crippen MR) is 107 cm³/mol. The van der Waals surface area contributed by atoms with Gasteiger partial charge in [0.05, 0.1) is 6.54 Å². The van der Waals surface area contributed by atoms with Gasteiger partial charge in [-0.2, -0.15) is 0 Å². The molecule has 0 aliphatic carbocycles. The molecule has 0 unspecified atom stereocenters. The van der Waals surface area contributed by atoms with Crippen LogP contribution < -0.4 is 16.0 Å². The first-order chi connectivity index (χ1) is 12.4. The molecule has 1 aliphatic rings. The van der Waals surface area contributed by atoms with Gasteiger partial charge in [0.15, 0.2) is 5.96 Å². The highest BCUT2D eigenvalue weighted by Crippen LogP contribution is 2.22. The summed E-state index contributed by atoms with van der Waals surface area (Å²) in [6.07, 6.45) is 0. The van der Waals surface area contributed by atoms with E-state index < -0.39 is 0 Å². The second-order valence-corrected chi connectivity index (χ2v) is 7.49. The lowest BCUT2D eigenvalue weighted by Gasteiger charge is -2.19. The van der Waals surface area contributed by atoms with Crippen LogP contribution >= 0.6 is 0 Å². The maximum Gasteiger partial charge on any atom is 0.251 e. The Morgan fingerprint density at radius 3 is 2.35 bits per heavy atom. The molecule has 0 saturated carbocycles. The Morgan fingerprint density at radius 2 is 1.77 bits per heavy atom. The van der Waals surface area contributed by atoms with Gasteiger partial charge in [0, 0.05) is 24.3 Å². The number of guanidine groups is 1. The minimum Gasteiger partial charge on any atom is -0.354 e. The quantitative estimate of drug-likeness (QED) is 0.793. The lowest BCUT2D eigenvalue weighted by atomic mass is 9.87. The topological polar surface area (TPSA) is 65.5 Å². The van der Waals surface area contributed by atoms with Crippen LogP contribution in [0.25, 0.3) is 0 Å². The summed E-state index contributed by atoms with van der Waals surface area (Å²) < 4.78 is 0. The second kappa shape index (κ2) is 7.60. The van der Waals surface area contributed by atoms with E-state index in [4.69, 9.17) is 0 Å². The Hall–Kier alpha value is -2.82. The molecule has 1 aliphatic heterocycles. The summed E-state index contributed by atoms with van der Waals surface area (Å²) in [4.78, 5) is 16.6. The Labute approximate surface area is 154 Å². The van der Waals surface area contributed by atoms with Crippen LogP contribution in [0.15, 0.2) is 53.5 Å². The highest BCUT2D eigenvalue weighted by molar-refractivity contribution is 5.95. The van der Waals surface area contributed by atoms with Gasteiger partial charge >= 0.3 is 0 Å². The van der Waals surface area contributed by atoms with Gasteiger partial charge in [0.1, 0.15) is 0 Å². The SMILES string of the molecule is CC(C)(C)c1ccc(C(=O)NCc2ccc(NC3=NCCN3)cc2)cc1. The molecule has 26 heavy (non-hydrogen) atoms. The number of carbonyl (C=O) groups excluding carboxylic acids is 1. The van der Waals surface area contributed by atoms with E-state index in [0.717, 1.165) is 30.3 Å². The molecule has 0 saturated heterocycles. The average Bonchev–Trinajstić information content (AvgIpc) is 3.13. The fraction of sp³-hybridized carbons (Fsp3) is 0.333. The standard InChI is InChI=1S/C21H26N4O/c1-21(2,3)17-8-6-16(7-9-17)19(26)24-14-15-4-10-18(11-5-15)25-20-22-12-13-23-20/h4-11H,12-14H2,1-3H3,(H,24,26)(H2,22,23,25). The van der Waals surface area contributed by atoms with Gasteiger partial charge in [0.2, 0.25) is 0 Å². The molecule has 3 N–H and O–H groups in total. The van der Waals surface area contributed by atoms with Crippen LogP contribution in [0.1, 0.15) is 42.3 Å². The van der Waals surface area contributed by atoms with Crippen molar-refractivity contribution in [2.45, 2.75) is 32.7 Å². The van der Waals surface area contributed by atoms with E-state index in [-0.39, 0.29) is 11.3 Å². The maximum absolute atomic E-state index is 12.3. The van der Waals surface area contributed by atoms with Crippen LogP contribution in [-0.4, -0.2) is 25.0 Å². The molecule has 0 fully saturated rings. The van der Waals surface area contributed by atoms with E-state index in [1.807, 2.05) is 48.5 Å². The summed E-state index contributed by atoms with van der Waals surface area (Å²) >= 11 is 0. The molecule has 5 nitrogen and oxygen atoms in total. The van der Waals surface area contributed by atoms with Crippen molar-refractivity contribution in [2.24, 2.45) is 4.99 Å². The Morgan fingerprint density at radius 1 is 1.08 bits per heavy atom. The molecule has 1 amide bonds. The van der Waals surface area contributed by atoms with Crippen molar-refractivity contribution in [3.8, 4) is 0 Å². The van der Waals surface area contributed by atoms with E-state index in [9.17, 15) is 4.79 Å². The monoisotopic (exact) mass is 350 g/mol. The molecule has 1 heterocycles. The first-order valence-corrected chi connectivity index (χ1v) is 8.95. The van der Waals surface area contributed by atoms with Crippen LogP contribution in [-0.2, 0) is 12.0 Å². The highest BCUT2D eigenvalue weighted by Gasteiger charge is 2.14. The van der Waals surface area contributed by atoms with E-state index >= 15 is 0 Å². The highest BCUT2D eigenvalue weighted by atomic mass is 16.1. The van der Waals surface area contributed by atoms with Gasteiger partial charge in [-0.1, -0.05) is 45.0 Å². The first kappa shape index (κ1) is 18.0. The number of nitrogens with zero attached hydrogens (tertiary/aromatic N) is 1. The number of hydrogen-bond donors (Lipinski definition) is 3. The molecule has 136 valence electrons. The van der Waals surface area contributed by atoms with Gasteiger partial charge < -0.3 is 16.0 Å². The summed E-state index contributed by atoms with van der Waals surface area (Å²) in [7, 11) is 0. The van der Waals surface area contributed by atoms with Gasteiger partial charge in [-0.25, -0.2) is 0 Å². The molecule has 0 aromatic heterocycles. The lowest BCUT2D eigenvalue weighted by Crippen LogP contribution is -2.26. The zero-order valence-corrected chi connectivity index (χ0v) is 15.6. The number of hydrogen-bond acceptors (Lipinski definition) is 4. The summed E-state index contributed by atoms with van der Waals surface area (Å²) in [5, 5.41) is 9.37. The van der Waals surface area contributed by atoms with E-state index in [1.165, 1.54) is 5.56 Å². The Bertz CT molecular complexity index is 786. The number of anilines is 1. The number of nitrogens with one attached hydrogen (secondary N) is 3. The minimum atomic E-state index is -0.0582. The Balaban J connectivity index is 1.54. The third-order valence-electron chi connectivity index (χ3n) is 4.36. The summed E-state index contributed by atoms with van der Waals surface area (Å²) in [6, 6.07) is 15.8. The summed E-state index contributed by atoms with van der Waals surface area (Å²) in [5.74, 6) is 0.752. The van der Waals surface area contributed by atoms with Crippen molar-refractivity contribution < 1.29 is 4.79 Å². The number of rotatable bonds is 4. The van der Waals surface area contributed by atoms with Crippen LogP contribution in [0.2, 0.25) is 0 Å². The fourth-order valence-corrected chi connectivity index (χ4v) is 2.73. The molecular formula is C21H26N4O. The zero-order valence-electron chi connectivity index (χ0n) is 15.6. The van der Waals surface area contributed by atoms with E-state index in [1.54, 1.807) is 0 Å². The van der Waals surface area contributed by atoms with Crippen LogP contribution in [0.4, 0.5) is 5.69 Å². The van der Waals surface area contributed by atoms with Gasteiger partial charge in [-0.05, 0) is 40.8 Å². The van der Waals surface area contributed by atoms with Crippen molar-refractivity contribution in [3.05, 3.63) is 65.2 Å². The molecule has 0 spiro atoms. The largest absolute Gasteiger partial charge is 0.354 e. The lowest BCUT2D eigenvalue weighted by molar-refractivity contribution is 0.0951. The number of carbonyl (C=O) groups is 1.